The Bertz CT molecular complexity index is 1290. The number of imidazole rings is 1. The van der Waals surface area contributed by atoms with Gasteiger partial charge in [0, 0.05) is 18.2 Å². The van der Waals surface area contributed by atoms with E-state index in [-0.39, 0.29) is 23.0 Å². The highest BCUT2D eigenvalue weighted by Gasteiger charge is 2.59. The molecule has 10 nitrogen and oxygen atoms in total. The Balaban J connectivity index is 1.34. The number of nitrogens with one attached hydrogen (secondary N) is 2. The van der Waals surface area contributed by atoms with Crippen LogP contribution in [0.15, 0.2) is 15.5 Å². The third kappa shape index (κ3) is 2.25. The molecule has 4 fully saturated rings. The van der Waals surface area contributed by atoms with Crippen LogP contribution >= 0.6 is 0 Å². The molecule has 0 saturated heterocycles. The van der Waals surface area contributed by atoms with Gasteiger partial charge in [-0.3, -0.25) is 4.57 Å². The minimum Gasteiger partial charge on any atom is -0.475 e. The lowest BCUT2D eigenvalue weighted by atomic mass is 9.47. The SMILES string of the molecule is O=C(O)c1noc(C23CC4CC(C2)C(n2c(=O)[nH]c5cnc6c(c52)CCN6)C(C4)C3)n1. The molecule has 3 aromatic rings. The maximum atomic E-state index is 13.1. The minimum atomic E-state index is -1.17. The smallest absolute Gasteiger partial charge is 0.377 e. The summed E-state index contributed by atoms with van der Waals surface area (Å²) in [6.45, 7) is 0.840. The first kappa shape index (κ1) is 17.5. The van der Waals surface area contributed by atoms with Gasteiger partial charge in [0.25, 0.3) is 5.82 Å². The molecule has 2 unspecified atom stereocenters. The van der Waals surface area contributed by atoms with Crippen LogP contribution in [0.4, 0.5) is 5.82 Å². The summed E-state index contributed by atoms with van der Waals surface area (Å²) >= 11 is 0. The minimum absolute atomic E-state index is 0.0606. The summed E-state index contributed by atoms with van der Waals surface area (Å²) in [5.41, 5.74) is 2.60. The molecule has 4 heterocycles. The molecule has 160 valence electrons. The van der Waals surface area contributed by atoms with Gasteiger partial charge in [-0.05, 0) is 61.4 Å². The number of carbonyl (C=O) groups is 1. The highest BCUT2D eigenvalue weighted by atomic mass is 16.5. The number of aromatic carboxylic acids is 1. The zero-order chi connectivity index (χ0) is 20.9. The lowest BCUT2D eigenvalue weighted by Gasteiger charge is -2.58. The van der Waals surface area contributed by atoms with Crippen LogP contribution in [-0.4, -0.2) is 42.3 Å². The number of hydrogen-bond acceptors (Lipinski definition) is 7. The standard InChI is InChI=1S/C21H22N6O4/c28-18(29)17-25-19(31-26-17)21-5-9-3-10(6-21)14(11(4-9)7-21)27-15-12-1-2-22-16(12)23-8-13(15)24-20(27)30/h8-11,14H,1-7H2,(H,22,23)(H,24,30)(H,28,29). The maximum absolute atomic E-state index is 13.1. The molecule has 8 rings (SSSR count). The summed E-state index contributed by atoms with van der Waals surface area (Å²) < 4.78 is 7.47. The van der Waals surface area contributed by atoms with Crippen LogP contribution in [-0.2, 0) is 11.8 Å². The second-order valence-electron chi connectivity index (χ2n) is 9.79. The molecule has 3 N–H and O–H groups in total. The van der Waals surface area contributed by atoms with Crippen LogP contribution in [0, 0.1) is 17.8 Å². The Labute approximate surface area is 176 Å². The fraction of sp³-hybridized carbons (Fsp3) is 0.571. The van der Waals surface area contributed by atoms with Crippen LogP contribution in [0.5, 0.6) is 0 Å². The zero-order valence-corrected chi connectivity index (χ0v) is 16.8. The number of aromatic amines is 1. The first-order chi connectivity index (χ1) is 15.0. The topological polar surface area (TPSA) is 139 Å². The number of nitrogens with zero attached hydrogens (tertiary/aromatic N) is 4. The van der Waals surface area contributed by atoms with Gasteiger partial charge in [-0.1, -0.05) is 0 Å². The van der Waals surface area contributed by atoms with Gasteiger partial charge in [0.15, 0.2) is 0 Å². The molecular formula is C21H22N6O4. The second kappa shape index (κ2) is 5.74. The predicted molar refractivity (Wildman–Crippen MR) is 108 cm³/mol. The van der Waals surface area contributed by atoms with Crippen LogP contribution in [0.25, 0.3) is 11.0 Å². The van der Waals surface area contributed by atoms with Crippen molar-refractivity contribution in [3.05, 3.63) is 34.0 Å². The molecule has 2 atom stereocenters. The van der Waals surface area contributed by atoms with Crippen LogP contribution in [0.3, 0.4) is 0 Å². The fourth-order valence-electron chi connectivity index (χ4n) is 7.37. The van der Waals surface area contributed by atoms with Gasteiger partial charge in [-0.25, -0.2) is 14.6 Å². The van der Waals surface area contributed by atoms with E-state index in [1.54, 1.807) is 6.20 Å². The zero-order valence-electron chi connectivity index (χ0n) is 16.8. The fourth-order valence-corrected chi connectivity index (χ4v) is 7.37. The monoisotopic (exact) mass is 422 g/mol. The molecule has 1 aliphatic heterocycles. The van der Waals surface area contributed by atoms with E-state index >= 15 is 0 Å². The van der Waals surface area contributed by atoms with Crippen molar-refractivity contribution >= 4 is 22.8 Å². The molecule has 10 heteroatoms. The number of carboxylic acid groups (broad SMARTS) is 1. The molecule has 0 radical (unpaired) electrons. The highest BCUT2D eigenvalue weighted by molar-refractivity contribution is 5.84. The first-order valence-corrected chi connectivity index (χ1v) is 11.0. The van der Waals surface area contributed by atoms with E-state index in [1.807, 2.05) is 4.57 Å². The van der Waals surface area contributed by atoms with Crippen molar-refractivity contribution < 1.29 is 14.4 Å². The molecule has 4 saturated carbocycles. The average molecular weight is 422 g/mol. The van der Waals surface area contributed by atoms with E-state index in [2.05, 4.69) is 25.4 Å². The normalized spacial score (nSPS) is 33.0. The van der Waals surface area contributed by atoms with Crippen molar-refractivity contribution in [1.29, 1.82) is 0 Å². The summed E-state index contributed by atoms with van der Waals surface area (Å²) in [6.07, 6.45) is 7.42. The number of H-pyrrole nitrogens is 1. The molecule has 0 amide bonds. The number of hydrogen-bond donors (Lipinski definition) is 3. The van der Waals surface area contributed by atoms with Crippen molar-refractivity contribution in [3.8, 4) is 0 Å². The Morgan fingerprint density at radius 3 is 2.81 bits per heavy atom. The Morgan fingerprint density at radius 1 is 1.26 bits per heavy atom. The number of anilines is 1. The molecular weight excluding hydrogens is 400 g/mol. The molecule has 31 heavy (non-hydrogen) atoms. The predicted octanol–water partition coefficient (Wildman–Crippen LogP) is 2.09. The molecule has 0 aromatic carbocycles. The van der Waals surface area contributed by atoms with Crippen LogP contribution in [0.2, 0.25) is 0 Å². The Kier molecular flexibility index (Phi) is 3.24. The van der Waals surface area contributed by atoms with E-state index in [4.69, 9.17) is 4.52 Å². The molecule has 0 spiro atoms. The lowest BCUT2D eigenvalue weighted by molar-refractivity contribution is -0.0600. The maximum Gasteiger partial charge on any atom is 0.377 e. The van der Waals surface area contributed by atoms with Gasteiger partial charge in [-0.2, -0.15) is 4.98 Å². The summed E-state index contributed by atoms with van der Waals surface area (Å²) in [5, 5.41) is 16.2. The Hall–Kier alpha value is -3.17. The molecule has 4 aliphatic carbocycles. The summed E-state index contributed by atoms with van der Waals surface area (Å²) in [5.74, 6) is 1.09. The number of carboxylic acids is 1. The summed E-state index contributed by atoms with van der Waals surface area (Å²) in [4.78, 5) is 36.2. The average Bonchev–Trinajstić information content (AvgIpc) is 3.45. The largest absolute Gasteiger partial charge is 0.475 e. The molecule has 3 aromatic heterocycles. The molecule has 4 bridgehead atoms. The highest BCUT2D eigenvalue weighted by Crippen LogP contribution is 2.64. The van der Waals surface area contributed by atoms with Gasteiger partial charge in [0.2, 0.25) is 5.89 Å². The van der Waals surface area contributed by atoms with Crippen LogP contribution in [0.1, 0.15) is 60.2 Å². The van der Waals surface area contributed by atoms with Crippen molar-refractivity contribution in [2.75, 3.05) is 11.9 Å². The number of rotatable bonds is 3. The summed E-state index contributed by atoms with van der Waals surface area (Å²) in [7, 11) is 0. The van der Waals surface area contributed by atoms with Gasteiger partial charge in [0.05, 0.1) is 22.6 Å². The van der Waals surface area contributed by atoms with E-state index in [9.17, 15) is 14.7 Å². The van der Waals surface area contributed by atoms with Crippen molar-refractivity contribution in [3.63, 3.8) is 0 Å². The quantitative estimate of drug-likeness (QED) is 0.583. The van der Waals surface area contributed by atoms with Crippen LogP contribution < -0.4 is 11.0 Å². The molecule has 5 aliphatic rings. The lowest BCUT2D eigenvalue weighted by Crippen LogP contribution is -2.54. The van der Waals surface area contributed by atoms with Gasteiger partial charge < -0.3 is 19.9 Å². The van der Waals surface area contributed by atoms with E-state index in [0.29, 0.717) is 23.6 Å². The van der Waals surface area contributed by atoms with Gasteiger partial charge >= 0.3 is 11.7 Å². The third-order valence-corrected chi connectivity index (χ3v) is 8.11. The summed E-state index contributed by atoms with van der Waals surface area (Å²) in [6, 6.07) is 0.125. The van der Waals surface area contributed by atoms with Crippen molar-refractivity contribution in [2.24, 2.45) is 17.8 Å². The van der Waals surface area contributed by atoms with E-state index in [0.717, 1.165) is 67.5 Å². The van der Waals surface area contributed by atoms with Gasteiger partial charge in [0.1, 0.15) is 5.82 Å². The number of aromatic nitrogens is 5. The third-order valence-electron chi connectivity index (χ3n) is 8.11. The van der Waals surface area contributed by atoms with Crippen molar-refractivity contribution in [2.45, 2.75) is 50.0 Å². The van der Waals surface area contributed by atoms with Crippen molar-refractivity contribution in [1.82, 2.24) is 24.7 Å². The first-order valence-electron chi connectivity index (χ1n) is 11.0. The number of pyridine rings is 1. The number of fused-ring (bicyclic) bond motifs is 3. The Morgan fingerprint density at radius 2 is 2.06 bits per heavy atom. The second-order valence-corrected chi connectivity index (χ2v) is 9.79. The van der Waals surface area contributed by atoms with E-state index < -0.39 is 5.97 Å². The van der Waals surface area contributed by atoms with E-state index in [1.165, 1.54) is 0 Å². The van der Waals surface area contributed by atoms with Gasteiger partial charge in [-0.15, -0.1) is 0 Å².